The van der Waals surface area contributed by atoms with Crippen LogP contribution in [0, 0.1) is 0 Å². The van der Waals surface area contributed by atoms with E-state index in [1.807, 2.05) is 0 Å². The van der Waals surface area contributed by atoms with Crippen LogP contribution in [0.25, 0.3) is 0 Å². The second-order valence-corrected chi connectivity index (χ2v) is 3.08. The molecule has 0 saturated heterocycles. The van der Waals surface area contributed by atoms with Crippen LogP contribution in [0.1, 0.15) is 19.3 Å². The monoisotopic (exact) mass is 205 g/mol. The third kappa shape index (κ3) is 6.82. The molecule has 0 aliphatic rings. The number of aliphatic hydroxyl groups excluding tert-OH is 2. The highest BCUT2D eigenvalue weighted by atomic mass is 16.5. The summed E-state index contributed by atoms with van der Waals surface area (Å²) in [6.45, 7) is 0.288. The molecular weight excluding hydrogens is 186 g/mol. The van der Waals surface area contributed by atoms with Gasteiger partial charge in [-0.2, -0.15) is 0 Å². The van der Waals surface area contributed by atoms with E-state index >= 15 is 0 Å². The lowest BCUT2D eigenvalue weighted by molar-refractivity contribution is -0.122. The summed E-state index contributed by atoms with van der Waals surface area (Å²) >= 11 is 0. The van der Waals surface area contributed by atoms with Gasteiger partial charge in [-0.15, -0.1) is 0 Å². The highest BCUT2D eigenvalue weighted by Gasteiger charge is 2.09. The molecule has 0 aliphatic carbocycles. The molecule has 1 amide bonds. The number of carbonyl (C=O) groups is 1. The lowest BCUT2D eigenvalue weighted by Gasteiger charge is -2.14. The SMILES string of the molecule is COCC(CO)NC(=O)CCCCO. The predicted molar refractivity (Wildman–Crippen MR) is 51.8 cm³/mol. The summed E-state index contributed by atoms with van der Waals surface area (Å²) in [5.41, 5.74) is 0. The van der Waals surface area contributed by atoms with Gasteiger partial charge >= 0.3 is 0 Å². The summed E-state index contributed by atoms with van der Waals surface area (Å²) in [5.74, 6) is -0.116. The molecule has 14 heavy (non-hydrogen) atoms. The van der Waals surface area contributed by atoms with Crippen LogP contribution < -0.4 is 5.32 Å². The lowest BCUT2D eigenvalue weighted by atomic mass is 10.2. The van der Waals surface area contributed by atoms with Gasteiger partial charge in [0.25, 0.3) is 0 Å². The van der Waals surface area contributed by atoms with E-state index in [-0.39, 0.29) is 25.2 Å². The number of unbranched alkanes of at least 4 members (excludes halogenated alkanes) is 1. The van der Waals surface area contributed by atoms with Crippen molar-refractivity contribution in [2.75, 3.05) is 26.9 Å². The third-order valence-corrected chi connectivity index (χ3v) is 1.77. The average Bonchev–Trinajstić information content (AvgIpc) is 2.17. The Hall–Kier alpha value is -0.650. The van der Waals surface area contributed by atoms with Gasteiger partial charge in [0.2, 0.25) is 5.91 Å². The van der Waals surface area contributed by atoms with E-state index in [0.29, 0.717) is 25.9 Å². The molecule has 3 N–H and O–H groups in total. The van der Waals surface area contributed by atoms with E-state index in [1.54, 1.807) is 0 Å². The molecule has 0 aromatic heterocycles. The molecule has 1 unspecified atom stereocenters. The van der Waals surface area contributed by atoms with Crippen molar-refractivity contribution in [2.24, 2.45) is 0 Å². The summed E-state index contributed by atoms with van der Waals surface area (Å²) in [5, 5.41) is 20.0. The first-order valence-electron chi connectivity index (χ1n) is 4.74. The molecule has 0 fully saturated rings. The number of rotatable bonds is 8. The summed E-state index contributed by atoms with van der Waals surface area (Å²) < 4.78 is 4.81. The van der Waals surface area contributed by atoms with Gasteiger partial charge in [0.05, 0.1) is 19.3 Å². The summed E-state index contributed by atoms with van der Waals surface area (Å²) in [7, 11) is 1.51. The quantitative estimate of drug-likeness (QED) is 0.457. The highest BCUT2D eigenvalue weighted by Crippen LogP contribution is 1.95. The topological polar surface area (TPSA) is 78.8 Å². The van der Waals surface area contributed by atoms with E-state index in [1.165, 1.54) is 7.11 Å². The Morgan fingerprint density at radius 1 is 1.43 bits per heavy atom. The van der Waals surface area contributed by atoms with Crippen molar-refractivity contribution in [1.82, 2.24) is 5.32 Å². The van der Waals surface area contributed by atoms with Gasteiger partial charge in [-0.05, 0) is 12.8 Å². The fraction of sp³-hybridized carbons (Fsp3) is 0.889. The average molecular weight is 205 g/mol. The lowest BCUT2D eigenvalue weighted by Crippen LogP contribution is -2.40. The van der Waals surface area contributed by atoms with Gasteiger partial charge in [0.15, 0.2) is 0 Å². The zero-order valence-electron chi connectivity index (χ0n) is 8.53. The second-order valence-electron chi connectivity index (χ2n) is 3.08. The molecule has 0 rings (SSSR count). The third-order valence-electron chi connectivity index (χ3n) is 1.77. The summed E-state index contributed by atoms with van der Waals surface area (Å²) in [4.78, 5) is 11.2. The van der Waals surface area contributed by atoms with Crippen molar-refractivity contribution in [3.63, 3.8) is 0 Å². The van der Waals surface area contributed by atoms with E-state index in [9.17, 15) is 4.79 Å². The molecule has 0 aromatic rings. The van der Waals surface area contributed by atoms with Crippen LogP contribution in [0.2, 0.25) is 0 Å². The maximum absolute atomic E-state index is 11.2. The van der Waals surface area contributed by atoms with Crippen LogP contribution >= 0.6 is 0 Å². The number of aliphatic hydroxyl groups is 2. The Morgan fingerprint density at radius 2 is 2.14 bits per heavy atom. The smallest absolute Gasteiger partial charge is 0.220 e. The van der Waals surface area contributed by atoms with Crippen LogP contribution in [0.15, 0.2) is 0 Å². The zero-order chi connectivity index (χ0) is 10.8. The van der Waals surface area contributed by atoms with Crippen molar-refractivity contribution in [2.45, 2.75) is 25.3 Å². The number of ether oxygens (including phenoxy) is 1. The Bertz CT molecular complexity index is 152. The maximum Gasteiger partial charge on any atom is 0.220 e. The van der Waals surface area contributed by atoms with E-state index in [4.69, 9.17) is 14.9 Å². The first-order chi connectivity index (χ1) is 6.74. The molecule has 0 spiro atoms. The van der Waals surface area contributed by atoms with Crippen LogP contribution in [-0.4, -0.2) is 49.1 Å². The van der Waals surface area contributed by atoms with Crippen molar-refractivity contribution in [3.05, 3.63) is 0 Å². The van der Waals surface area contributed by atoms with Crippen LogP contribution in [0.3, 0.4) is 0 Å². The van der Waals surface area contributed by atoms with Gasteiger partial charge in [0.1, 0.15) is 0 Å². The molecule has 0 radical (unpaired) electrons. The van der Waals surface area contributed by atoms with Crippen molar-refractivity contribution in [1.29, 1.82) is 0 Å². The highest BCUT2D eigenvalue weighted by molar-refractivity contribution is 5.76. The molecule has 0 saturated carbocycles. The molecule has 0 heterocycles. The molecule has 1 atom stereocenters. The van der Waals surface area contributed by atoms with Crippen molar-refractivity contribution >= 4 is 5.91 Å². The Balaban J connectivity index is 3.56. The molecule has 0 aliphatic heterocycles. The zero-order valence-corrected chi connectivity index (χ0v) is 8.53. The van der Waals surface area contributed by atoms with Crippen LogP contribution in [0.4, 0.5) is 0 Å². The largest absolute Gasteiger partial charge is 0.396 e. The van der Waals surface area contributed by atoms with E-state index in [0.717, 1.165) is 0 Å². The Morgan fingerprint density at radius 3 is 2.64 bits per heavy atom. The summed E-state index contributed by atoms with van der Waals surface area (Å²) in [6.07, 6.45) is 1.66. The Kier molecular flexibility index (Phi) is 8.51. The van der Waals surface area contributed by atoms with Crippen molar-refractivity contribution in [3.8, 4) is 0 Å². The fourth-order valence-corrected chi connectivity index (χ4v) is 1.04. The maximum atomic E-state index is 11.2. The fourth-order valence-electron chi connectivity index (χ4n) is 1.04. The number of amides is 1. The first-order valence-corrected chi connectivity index (χ1v) is 4.74. The van der Waals surface area contributed by atoms with Gasteiger partial charge in [0, 0.05) is 20.1 Å². The normalized spacial score (nSPS) is 12.5. The molecule has 5 nitrogen and oxygen atoms in total. The molecule has 84 valence electrons. The second kappa shape index (κ2) is 8.93. The van der Waals surface area contributed by atoms with E-state index in [2.05, 4.69) is 5.32 Å². The van der Waals surface area contributed by atoms with Gasteiger partial charge < -0.3 is 20.3 Å². The van der Waals surface area contributed by atoms with Gasteiger partial charge in [-0.3, -0.25) is 4.79 Å². The van der Waals surface area contributed by atoms with Crippen LogP contribution in [0.5, 0.6) is 0 Å². The molecule has 5 heteroatoms. The molecule has 0 aromatic carbocycles. The number of nitrogens with one attached hydrogen (secondary N) is 1. The van der Waals surface area contributed by atoms with Gasteiger partial charge in [-0.1, -0.05) is 0 Å². The van der Waals surface area contributed by atoms with Crippen LogP contribution in [-0.2, 0) is 9.53 Å². The Labute approximate surface area is 84.1 Å². The number of methoxy groups -OCH3 is 1. The molecule has 0 bridgehead atoms. The minimum absolute atomic E-state index is 0.106. The number of carbonyl (C=O) groups excluding carboxylic acids is 1. The van der Waals surface area contributed by atoms with Crippen molar-refractivity contribution < 1.29 is 19.7 Å². The summed E-state index contributed by atoms with van der Waals surface area (Å²) in [6, 6.07) is -0.332. The molecular formula is C9H19NO4. The minimum atomic E-state index is -0.332. The standard InChI is InChI=1S/C9H19NO4/c1-14-7-8(6-12)10-9(13)4-2-3-5-11/h8,11-12H,2-7H2,1H3,(H,10,13). The van der Waals surface area contributed by atoms with Gasteiger partial charge in [-0.25, -0.2) is 0 Å². The first kappa shape index (κ1) is 13.4. The van der Waals surface area contributed by atoms with E-state index < -0.39 is 0 Å². The number of hydrogen-bond donors (Lipinski definition) is 3. The minimum Gasteiger partial charge on any atom is -0.396 e. The number of hydrogen-bond acceptors (Lipinski definition) is 4. The predicted octanol–water partition coefficient (Wildman–Crippen LogP) is -0.728.